The number of hydrogen-bond acceptors (Lipinski definition) is 2. The number of nitrogens with one attached hydrogen (secondary N) is 1. The van der Waals surface area contributed by atoms with E-state index in [1.54, 1.807) is 11.8 Å². The molecule has 0 aromatic heterocycles. The Labute approximate surface area is 106 Å². The van der Waals surface area contributed by atoms with E-state index in [1.165, 1.54) is 10.5 Å². The summed E-state index contributed by atoms with van der Waals surface area (Å²) in [7, 11) is 0. The van der Waals surface area contributed by atoms with Gasteiger partial charge in [-0.3, -0.25) is 4.79 Å². The van der Waals surface area contributed by atoms with Gasteiger partial charge in [-0.15, -0.1) is 11.8 Å². The number of amides is 1. The summed E-state index contributed by atoms with van der Waals surface area (Å²) in [6.07, 6.45) is 6.42. The third-order valence-electron chi connectivity index (χ3n) is 3.68. The Kier molecular flexibility index (Phi) is 2.66. The van der Waals surface area contributed by atoms with Crippen molar-refractivity contribution in [2.24, 2.45) is 5.92 Å². The van der Waals surface area contributed by atoms with Crippen LogP contribution in [0.5, 0.6) is 0 Å². The molecular formula is C14H17NOS. The van der Waals surface area contributed by atoms with Gasteiger partial charge in [0.25, 0.3) is 0 Å². The van der Waals surface area contributed by atoms with Crippen LogP contribution in [0.4, 0.5) is 0 Å². The molecule has 90 valence electrons. The minimum Gasteiger partial charge on any atom is -0.346 e. The summed E-state index contributed by atoms with van der Waals surface area (Å²) in [5.74, 6) is 0.562. The van der Waals surface area contributed by atoms with Crippen molar-refractivity contribution in [2.45, 2.75) is 36.1 Å². The van der Waals surface area contributed by atoms with Gasteiger partial charge in [0.15, 0.2) is 0 Å². The van der Waals surface area contributed by atoms with Crippen molar-refractivity contribution in [3.8, 4) is 0 Å². The third kappa shape index (κ3) is 2.08. The van der Waals surface area contributed by atoms with Gasteiger partial charge in [-0.05, 0) is 43.6 Å². The molecule has 1 aromatic carbocycles. The number of benzene rings is 1. The van der Waals surface area contributed by atoms with Gasteiger partial charge < -0.3 is 5.32 Å². The Bertz CT molecular complexity index is 449. The molecule has 0 saturated heterocycles. The normalized spacial score (nSPS) is 21.0. The largest absolute Gasteiger partial charge is 0.346 e. The number of carbonyl (C=O) groups excluding carboxylic acids is 1. The van der Waals surface area contributed by atoms with Crippen molar-refractivity contribution in [1.29, 1.82) is 0 Å². The number of rotatable bonds is 4. The molecule has 0 heterocycles. The molecule has 0 bridgehead atoms. The lowest BCUT2D eigenvalue weighted by molar-refractivity contribution is -0.123. The van der Waals surface area contributed by atoms with Crippen LogP contribution in [0.2, 0.25) is 0 Å². The highest BCUT2D eigenvalue weighted by Crippen LogP contribution is 2.49. The van der Waals surface area contributed by atoms with Gasteiger partial charge in [-0.1, -0.05) is 18.2 Å². The van der Waals surface area contributed by atoms with Crippen LogP contribution in [-0.4, -0.2) is 12.2 Å². The number of carbonyl (C=O) groups is 1. The fourth-order valence-electron chi connectivity index (χ4n) is 2.31. The Morgan fingerprint density at radius 2 is 2.06 bits per heavy atom. The lowest BCUT2D eigenvalue weighted by Gasteiger charge is -2.20. The van der Waals surface area contributed by atoms with Crippen LogP contribution in [-0.2, 0) is 10.3 Å². The summed E-state index contributed by atoms with van der Waals surface area (Å²) in [6, 6.07) is 8.43. The van der Waals surface area contributed by atoms with E-state index in [1.807, 2.05) is 0 Å². The third-order valence-corrected chi connectivity index (χ3v) is 4.48. The van der Waals surface area contributed by atoms with E-state index in [9.17, 15) is 4.79 Å². The predicted octanol–water partition coefficient (Wildman–Crippen LogP) is 2.92. The molecule has 3 heteroatoms. The second kappa shape index (κ2) is 4.05. The maximum absolute atomic E-state index is 11.9. The van der Waals surface area contributed by atoms with Gasteiger partial charge in [-0.25, -0.2) is 0 Å². The van der Waals surface area contributed by atoms with Crippen LogP contribution in [0.15, 0.2) is 29.2 Å². The van der Waals surface area contributed by atoms with E-state index in [4.69, 9.17) is 0 Å². The van der Waals surface area contributed by atoms with Crippen molar-refractivity contribution >= 4 is 17.7 Å². The van der Waals surface area contributed by atoms with Crippen molar-refractivity contribution < 1.29 is 4.79 Å². The molecule has 0 spiro atoms. The highest BCUT2D eigenvalue weighted by Gasteiger charge is 2.48. The molecule has 1 amide bonds. The minimum atomic E-state index is -0.0424. The van der Waals surface area contributed by atoms with Crippen LogP contribution in [0.3, 0.4) is 0 Å². The van der Waals surface area contributed by atoms with Crippen molar-refractivity contribution in [3.05, 3.63) is 29.8 Å². The van der Waals surface area contributed by atoms with E-state index in [0.717, 1.165) is 25.7 Å². The fourth-order valence-corrected chi connectivity index (χ4v) is 3.01. The van der Waals surface area contributed by atoms with Gasteiger partial charge in [-0.2, -0.15) is 0 Å². The lowest BCUT2D eigenvalue weighted by Crippen LogP contribution is -2.36. The lowest BCUT2D eigenvalue weighted by atomic mass is 10.0. The average Bonchev–Trinajstić information content (AvgIpc) is 3.22. The Morgan fingerprint density at radius 3 is 2.65 bits per heavy atom. The first-order valence-corrected chi connectivity index (χ1v) is 7.43. The Hall–Kier alpha value is -0.960. The summed E-state index contributed by atoms with van der Waals surface area (Å²) < 4.78 is 0. The van der Waals surface area contributed by atoms with Gasteiger partial charge in [0.2, 0.25) is 5.91 Å². The molecule has 0 atom stereocenters. The summed E-state index contributed by atoms with van der Waals surface area (Å²) in [4.78, 5) is 13.2. The Morgan fingerprint density at radius 1 is 1.35 bits per heavy atom. The second-order valence-corrected chi connectivity index (χ2v) is 5.89. The topological polar surface area (TPSA) is 29.1 Å². The zero-order valence-corrected chi connectivity index (χ0v) is 10.8. The van der Waals surface area contributed by atoms with Crippen LogP contribution >= 0.6 is 11.8 Å². The van der Waals surface area contributed by atoms with Crippen molar-refractivity contribution in [1.82, 2.24) is 5.32 Å². The zero-order chi connectivity index (χ0) is 11.9. The first-order chi connectivity index (χ1) is 8.25. The van der Waals surface area contributed by atoms with E-state index < -0.39 is 0 Å². The summed E-state index contributed by atoms with van der Waals surface area (Å²) >= 11 is 1.76. The van der Waals surface area contributed by atoms with Crippen LogP contribution in [0.25, 0.3) is 0 Å². The second-order valence-electron chi connectivity index (χ2n) is 5.05. The number of hydrogen-bond donors (Lipinski definition) is 1. The average molecular weight is 247 g/mol. The van der Waals surface area contributed by atoms with Crippen molar-refractivity contribution in [2.75, 3.05) is 6.26 Å². The molecule has 2 nitrogen and oxygen atoms in total. The fraction of sp³-hybridized carbons (Fsp3) is 0.500. The summed E-state index contributed by atoms with van der Waals surface area (Å²) in [5, 5.41) is 3.27. The molecule has 1 aromatic rings. The van der Waals surface area contributed by atoms with Gasteiger partial charge in [0.1, 0.15) is 0 Å². The van der Waals surface area contributed by atoms with E-state index in [-0.39, 0.29) is 11.4 Å². The van der Waals surface area contributed by atoms with Crippen LogP contribution in [0.1, 0.15) is 31.2 Å². The Balaban J connectivity index is 1.84. The van der Waals surface area contributed by atoms with Gasteiger partial charge in [0, 0.05) is 10.8 Å². The predicted molar refractivity (Wildman–Crippen MR) is 70.0 cm³/mol. The SMILES string of the molecule is CSc1ccccc1C1(NC(=O)C2CC2)CC1. The smallest absolute Gasteiger partial charge is 0.223 e. The molecule has 0 aliphatic heterocycles. The van der Waals surface area contributed by atoms with Crippen LogP contribution in [0, 0.1) is 5.92 Å². The first-order valence-electron chi connectivity index (χ1n) is 6.21. The molecule has 2 saturated carbocycles. The molecule has 2 aliphatic carbocycles. The van der Waals surface area contributed by atoms with Crippen molar-refractivity contribution in [3.63, 3.8) is 0 Å². The van der Waals surface area contributed by atoms with E-state index in [0.29, 0.717) is 5.92 Å². The van der Waals surface area contributed by atoms with Crippen LogP contribution < -0.4 is 5.32 Å². The summed E-state index contributed by atoms with van der Waals surface area (Å²) in [5.41, 5.74) is 1.26. The maximum atomic E-state index is 11.9. The molecule has 2 aliphatic rings. The van der Waals surface area contributed by atoms with E-state index >= 15 is 0 Å². The highest BCUT2D eigenvalue weighted by atomic mass is 32.2. The summed E-state index contributed by atoms with van der Waals surface area (Å²) in [6.45, 7) is 0. The van der Waals surface area contributed by atoms with E-state index in [2.05, 4.69) is 35.8 Å². The molecule has 2 fully saturated rings. The maximum Gasteiger partial charge on any atom is 0.223 e. The molecule has 0 radical (unpaired) electrons. The molecule has 3 rings (SSSR count). The van der Waals surface area contributed by atoms with Gasteiger partial charge in [0.05, 0.1) is 5.54 Å². The molecule has 17 heavy (non-hydrogen) atoms. The number of thioether (sulfide) groups is 1. The minimum absolute atomic E-state index is 0.0424. The molecule has 0 unspecified atom stereocenters. The first kappa shape index (κ1) is 11.1. The van der Waals surface area contributed by atoms with Gasteiger partial charge >= 0.3 is 0 Å². The standard InChI is InChI=1S/C14H17NOS/c1-17-12-5-3-2-4-11(12)14(8-9-14)15-13(16)10-6-7-10/h2-5,10H,6-9H2,1H3,(H,15,16). The quantitative estimate of drug-likeness (QED) is 0.829. The molecular weight excluding hydrogens is 230 g/mol. The highest BCUT2D eigenvalue weighted by molar-refractivity contribution is 7.98. The monoisotopic (exact) mass is 247 g/mol. The zero-order valence-electron chi connectivity index (χ0n) is 10.0. The molecule has 1 N–H and O–H groups in total.